The van der Waals surface area contributed by atoms with Crippen molar-refractivity contribution in [3.05, 3.63) is 28.7 Å². The van der Waals surface area contributed by atoms with E-state index in [-0.39, 0.29) is 26.2 Å². The second-order valence-electron chi connectivity index (χ2n) is 5.13. The third-order valence-electron chi connectivity index (χ3n) is 3.63. The zero-order chi connectivity index (χ0) is 16.3. The average Bonchev–Trinajstić information content (AvgIpc) is 2.85. The van der Waals surface area contributed by atoms with Crippen molar-refractivity contribution in [2.24, 2.45) is 11.8 Å². The molecule has 122 valence electrons. The van der Waals surface area contributed by atoms with E-state index in [4.69, 9.17) is 9.84 Å². The number of alkyl halides is 3. The minimum absolute atomic E-state index is 0.112. The summed E-state index contributed by atoms with van der Waals surface area (Å²) in [7, 11) is 0. The monoisotopic (exact) mass is 381 g/mol. The van der Waals surface area contributed by atoms with E-state index in [1.165, 1.54) is 4.90 Å². The van der Waals surface area contributed by atoms with Gasteiger partial charge in [-0.1, -0.05) is 12.1 Å². The standard InChI is InChI=1S/C14H15BrF3NO3/c15-11-3-1-2-4-12(11)22-6-5-19-7-9(13(20)21)10(8-19)14(16,17)18/h1-4,9-10H,5-8H2,(H,20,21)/t9-,10-/m1/s1. The number of benzene rings is 1. The Kier molecular flexibility index (Phi) is 5.33. The quantitative estimate of drug-likeness (QED) is 0.851. The first-order chi connectivity index (χ1) is 10.3. The highest BCUT2D eigenvalue weighted by molar-refractivity contribution is 9.10. The molecular weight excluding hydrogens is 367 g/mol. The lowest BCUT2D eigenvalue weighted by Crippen LogP contribution is -2.33. The molecule has 0 bridgehead atoms. The van der Waals surface area contributed by atoms with Crippen LogP contribution in [0.3, 0.4) is 0 Å². The number of likely N-dealkylation sites (tertiary alicyclic amines) is 1. The molecule has 8 heteroatoms. The summed E-state index contributed by atoms with van der Waals surface area (Å²) in [4.78, 5) is 12.5. The van der Waals surface area contributed by atoms with E-state index in [1.807, 2.05) is 6.07 Å². The minimum atomic E-state index is -4.50. The summed E-state index contributed by atoms with van der Waals surface area (Å²) in [6.45, 7) is 0.0236. The number of ether oxygens (including phenoxy) is 1. The summed E-state index contributed by atoms with van der Waals surface area (Å²) in [5, 5.41) is 8.94. The second-order valence-corrected chi connectivity index (χ2v) is 5.99. The normalized spacial score (nSPS) is 22.7. The van der Waals surface area contributed by atoms with Crippen LogP contribution in [0.15, 0.2) is 28.7 Å². The number of carbonyl (C=O) groups is 1. The van der Waals surface area contributed by atoms with Crippen molar-refractivity contribution < 1.29 is 27.8 Å². The first kappa shape index (κ1) is 17.1. The number of carboxylic acids is 1. The van der Waals surface area contributed by atoms with E-state index in [0.29, 0.717) is 5.75 Å². The molecule has 22 heavy (non-hydrogen) atoms. The van der Waals surface area contributed by atoms with Gasteiger partial charge in [-0.15, -0.1) is 0 Å². The summed E-state index contributed by atoms with van der Waals surface area (Å²) < 4.78 is 44.8. The third kappa shape index (κ3) is 4.13. The van der Waals surface area contributed by atoms with Gasteiger partial charge in [-0.3, -0.25) is 9.69 Å². The van der Waals surface area contributed by atoms with Crippen molar-refractivity contribution in [1.82, 2.24) is 4.90 Å². The Balaban J connectivity index is 1.89. The Bertz CT molecular complexity index is 538. The molecule has 0 spiro atoms. The van der Waals surface area contributed by atoms with Crippen LogP contribution in [0.2, 0.25) is 0 Å². The van der Waals surface area contributed by atoms with Gasteiger partial charge in [0.2, 0.25) is 0 Å². The van der Waals surface area contributed by atoms with Gasteiger partial charge in [-0.05, 0) is 28.1 Å². The molecule has 0 aromatic heterocycles. The van der Waals surface area contributed by atoms with Gasteiger partial charge in [-0.2, -0.15) is 13.2 Å². The molecule has 2 atom stereocenters. The number of nitrogens with zero attached hydrogens (tertiary/aromatic N) is 1. The number of hydrogen-bond donors (Lipinski definition) is 1. The van der Waals surface area contributed by atoms with Crippen LogP contribution < -0.4 is 4.74 Å². The predicted molar refractivity (Wildman–Crippen MR) is 76.7 cm³/mol. The number of halogens is 4. The Labute approximate surface area is 134 Å². The fourth-order valence-corrected chi connectivity index (χ4v) is 2.90. The lowest BCUT2D eigenvalue weighted by atomic mass is 9.96. The fraction of sp³-hybridized carbons (Fsp3) is 0.500. The summed E-state index contributed by atoms with van der Waals surface area (Å²) in [5.74, 6) is -4.04. The van der Waals surface area contributed by atoms with Crippen LogP contribution >= 0.6 is 15.9 Å². The second kappa shape index (κ2) is 6.87. The number of hydrogen-bond acceptors (Lipinski definition) is 3. The molecular formula is C14H15BrF3NO3. The van der Waals surface area contributed by atoms with Crippen LogP contribution in [0.1, 0.15) is 0 Å². The zero-order valence-corrected chi connectivity index (χ0v) is 13.1. The van der Waals surface area contributed by atoms with Gasteiger partial charge in [0, 0.05) is 19.6 Å². The molecule has 1 aromatic carbocycles. The van der Waals surface area contributed by atoms with E-state index in [9.17, 15) is 18.0 Å². The van der Waals surface area contributed by atoms with E-state index < -0.39 is 24.0 Å². The molecule has 1 aliphatic heterocycles. The molecule has 0 unspecified atom stereocenters. The van der Waals surface area contributed by atoms with Gasteiger partial charge < -0.3 is 9.84 Å². The molecule has 1 saturated heterocycles. The molecule has 1 aromatic rings. The number of rotatable bonds is 5. The SMILES string of the molecule is O=C(O)[C@@H]1CN(CCOc2ccccc2Br)C[C@H]1C(F)(F)F. The van der Waals surface area contributed by atoms with Crippen molar-refractivity contribution >= 4 is 21.9 Å². The largest absolute Gasteiger partial charge is 0.491 e. The Morgan fingerprint density at radius 3 is 2.59 bits per heavy atom. The molecule has 0 amide bonds. The fourth-order valence-electron chi connectivity index (χ4n) is 2.50. The predicted octanol–water partition coefficient (Wildman–Crippen LogP) is 3.02. The minimum Gasteiger partial charge on any atom is -0.491 e. The molecule has 0 saturated carbocycles. The molecule has 1 N–H and O–H groups in total. The maximum absolute atomic E-state index is 12.9. The molecule has 0 aliphatic carbocycles. The van der Waals surface area contributed by atoms with E-state index >= 15 is 0 Å². The Hall–Kier alpha value is -1.28. The highest BCUT2D eigenvalue weighted by Crippen LogP contribution is 2.37. The van der Waals surface area contributed by atoms with Crippen molar-refractivity contribution in [3.63, 3.8) is 0 Å². The van der Waals surface area contributed by atoms with Crippen molar-refractivity contribution in [3.8, 4) is 5.75 Å². The van der Waals surface area contributed by atoms with Crippen LogP contribution in [0.5, 0.6) is 5.75 Å². The summed E-state index contributed by atoms with van der Waals surface area (Å²) in [5.41, 5.74) is 0. The van der Waals surface area contributed by atoms with Crippen LogP contribution in [0.25, 0.3) is 0 Å². The van der Waals surface area contributed by atoms with Crippen molar-refractivity contribution in [2.45, 2.75) is 6.18 Å². The lowest BCUT2D eigenvalue weighted by molar-refractivity contribution is -0.188. The maximum atomic E-state index is 12.9. The highest BCUT2D eigenvalue weighted by atomic mass is 79.9. The Morgan fingerprint density at radius 2 is 2.05 bits per heavy atom. The van der Waals surface area contributed by atoms with E-state index in [0.717, 1.165) is 4.47 Å². The van der Waals surface area contributed by atoms with Crippen LogP contribution in [0, 0.1) is 11.8 Å². The summed E-state index contributed by atoms with van der Waals surface area (Å²) in [6, 6.07) is 7.15. The van der Waals surface area contributed by atoms with Gasteiger partial charge in [0.25, 0.3) is 0 Å². The van der Waals surface area contributed by atoms with Crippen LogP contribution in [-0.4, -0.2) is 48.4 Å². The molecule has 2 rings (SSSR count). The van der Waals surface area contributed by atoms with E-state index in [2.05, 4.69) is 15.9 Å². The average molecular weight is 382 g/mol. The zero-order valence-electron chi connectivity index (χ0n) is 11.5. The first-order valence-electron chi connectivity index (χ1n) is 6.68. The number of para-hydroxylation sites is 1. The molecule has 1 heterocycles. The molecule has 0 radical (unpaired) electrons. The van der Waals surface area contributed by atoms with Gasteiger partial charge in [0.1, 0.15) is 12.4 Å². The smallest absolute Gasteiger partial charge is 0.393 e. The van der Waals surface area contributed by atoms with Crippen LogP contribution in [0.4, 0.5) is 13.2 Å². The lowest BCUT2D eigenvalue weighted by Gasteiger charge is -2.18. The summed E-state index contributed by atoms with van der Waals surface area (Å²) >= 11 is 3.31. The van der Waals surface area contributed by atoms with Gasteiger partial charge >= 0.3 is 12.1 Å². The van der Waals surface area contributed by atoms with Gasteiger partial charge in [-0.25, -0.2) is 0 Å². The molecule has 4 nitrogen and oxygen atoms in total. The molecule has 1 aliphatic rings. The Morgan fingerprint density at radius 1 is 1.36 bits per heavy atom. The van der Waals surface area contributed by atoms with E-state index in [1.54, 1.807) is 18.2 Å². The van der Waals surface area contributed by atoms with Crippen LogP contribution in [-0.2, 0) is 4.79 Å². The van der Waals surface area contributed by atoms with Crippen molar-refractivity contribution in [1.29, 1.82) is 0 Å². The van der Waals surface area contributed by atoms with Gasteiger partial charge in [0.15, 0.2) is 0 Å². The molecule has 1 fully saturated rings. The summed E-state index contributed by atoms with van der Waals surface area (Å²) in [6.07, 6.45) is -4.50. The topological polar surface area (TPSA) is 49.8 Å². The maximum Gasteiger partial charge on any atom is 0.393 e. The van der Waals surface area contributed by atoms with Crippen molar-refractivity contribution in [2.75, 3.05) is 26.2 Å². The number of aliphatic carboxylic acids is 1. The van der Waals surface area contributed by atoms with Gasteiger partial charge in [0.05, 0.1) is 16.3 Å². The third-order valence-corrected chi connectivity index (χ3v) is 4.29. The number of carboxylic acid groups (broad SMARTS) is 1. The first-order valence-corrected chi connectivity index (χ1v) is 7.47. The highest BCUT2D eigenvalue weighted by Gasteiger charge is 2.52.